The molecule has 3 N–H and O–H groups in total. The van der Waals surface area contributed by atoms with Gasteiger partial charge in [0, 0.05) is 40.6 Å². The quantitative estimate of drug-likeness (QED) is 0.765. The second kappa shape index (κ2) is 5.15. The van der Waals surface area contributed by atoms with Gasteiger partial charge in [-0.25, -0.2) is 4.98 Å². The highest BCUT2D eigenvalue weighted by Gasteiger charge is 2.17. The SMILES string of the molecule is Cc1[nH]c2ccccc2c1CC(CN)c1nccs1. The van der Waals surface area contributed by atoms with E-state index in [1.54, 1.807) is 11.3 Å². The van der Waals surface area contributed by atoms with E-state index in [1.807, 2.05) is 11.6 Å². The van der Waals surface area contributed by atoms with Crippen molar-refractivity contribution in [2.24, 2.45) is 5.73 Å². The predicted molar refractivity (Wildman–Crippen MR) is 80.6 cm³/mol. The summed E-state index contributed by atoms with van der Waals surface area (Å²) < 4.78 is 0. The summed E-state index contributed by atoms with van der Waals surface area (Å²) in [5.41, 5.74) is 9.73. The molecule has 0 amide bonds. The highest BCUT2D eigenvalue weighted by Crippen LogP contribution is 2.28. The van der Waals surface area contributed by atoms with Crippen LogP contribution < -0.4 is 5.73 Å². The van der Waals surface area contributed by atoms with Crippen molar-refractivity contribution >= 4 is 22.2 Å². The molecule has 3 aromatic rings. The summed E-state index contributed by atoms with van der Waals surface area (Å²) in [6.07, 6.45) is 2.80. The van der Waals surface area contributed by atoms with Crippen LogP contribution in [0, 0.1) is 6.92 Å². The molecular formula is C15H17N3S. The number of nitrogens with two attached hydrogens (primary N) is 1. The maximum atomic E-state index is 5.93. The molecule has 0 aliphatic heterocycles. The third-order valence-corrected chi connectivity index (χ3v) is 4.50. The first-order chi connectivity index (χ1) is 9.29. The number of nitrogens with zero attached hydrogens (tertiary/aromatic N) is 1. The molecule has 0 bridgehead atoms. The van der Waals surface area contributed by atoms with Gasteiger partial charge in [0.15, 0.2) is 0 Å². The van der Waals surface area contributed by atoms with E-state index in [-0.39, 0.29) is 0 Å². The average molecular weight is 271 g/mol. The molecule has 0 fully saturated rings. The lowest BCUT2D eigenvalue weighted by molar-refractivity contribution is 0.689. The number of aromatic amines is 1. The molecule has 3 nitrogen and oxygen atoms in total. The zero-order valence-electron chi connectivity index (χ0n) is 10.9. The number of fused-ring (bicyclic) bond motifs is 1. The van der Waals surface area contributed by atoms with E-state index in [1.165, 1.54) is 22.2 Å². The van der Waals surface area contributed by atoms with Gasteiger partial charge in [-0.05, 0) is 25.0 Å². The second-order valence-corrected chi connectivity index (χ2v) is 5.71. The largest absolute Gasteiger partial charge is 0.358 e. The Morgan fingerprint density at radius 3 is 2.95 bits per heavy atom. The number of aryl methyl sites for hydroxylation is 1. The molecule has 19 heavy (non-hydrogen) atoms. The number of rotatable bonds is 4. The van der Waals surface area contributed by atoms with E-state index in [0.29, 0.717) is 12.5 Å². The number of H-pyrrole nitrogens is 1. The Morgan fingerprint density at radius 2 is 2.21 bits per heavy atom. The normalized spacial score (nSPS) is 12.9. The van der Waals surface area contributed by atoms with E-state index in [2.05, 4.69) is 41.2 Å². The smallest absolute Gasteiger partial charge is 0.0971 e. The van der Waals surface area contributed by atoms with Crippen LogP contribution in [0.2, 0.25) is 0 Å². The van der Waals surface area contributed by atoms with Crippen molar-refractivity contribution in [2.75, 3.05) is 6.54 Å². The molecule has 98 valence electrons. The Morgan fingerprint density at radius 1 is 1.37 bits per heavy atom. The fraction of sp³-hybridized carbons (Fsp3) is 0.267. The number of hydrogen-bond acceptors (Lipinski definition) is 3. The number of benzene rings is 1. The molecule has 1 atom stereocenters. The van der Waals surface area contributed by atoms with Gasteiger partial charge < -0.3 is 10.7 Å². The molecule has 0 saturated carbocycles. The first-order valence-electron chi connectivity index (χ1n) is 6.45. The van der Waals surface area contributed by atoms with E-state index in [9.17, 15) is 0 Å². The fourth-order valence-electron chi connectivity index (χ4n) is 2.55. The van der Waals surface area contributed by atoms with Crippen molar-refractivity contribution < 1.29 is 0 Å². The van der Waals surface area contributed by atoms with Crippen molar-refractivity contribution in [2.45, 2.75) is 19.3 Å². The van der Waals surface area contributed by atoms with Gasteiger partial charge >= 0.3 is 0 Å². The highest BCUT2D eigenvalue weighted by molar-refractivity contribution is 7.09. The molecule has 2 heterocycles. The van der Waals surface area contributed by atoms with Crippen LogP contribution in [-0.4, -0.2) is 16.5 Å². The number of aromatic nitrogens is 2. The van der Waals surface area contributed by atoms with Crippen LogP contribution >= 0.6 is 11.3 Å². The number of para-hydroxylation sites is 1. The third-order valence-electron chi connectivity index (χ3n) is 3.56. The van der Waals surface area contributed by atoms with Crippen LogP contribution in [0.5, 0.6) is 0 Å². The van der Waals surface area contributed by atoms with E-state index >= 15 is 0 Å². The van der Waals surface area contributed by atoms with E-state index in [4.69, 9.17) is 5.73 Å². The minimum atomic E-state index is 0.304. The standard InChI is InChI=1S/C15H17N3S/c1-10-13(12-4-2-3-5-14(12)18-10)8-11(9-16)15-17-6-7-19-15/h2-7,11,18H,8-9,16H2,1H3. The summed E-state index contributed by atoms with van der Waals surface area (Å²) in [5.74, 6) is 0.304. The lowest BCUT2D eigenvalue weighted by atomic mass is 9.97. The summed E-state index contributed by atoms with van der Waals surface area (Å²) in [6.45, 7) is 2.76. The topological polar surface area (TPSA) is 54.7 Å². The van der Waals surface area contributed by atoms with E-state index in [0.717, 1.165) is 11.4 Å². The summed E-state index contributed by atoms with van der Waals surface area (Å²) in [4.78, 5) is 7.85. The Bertz CT molecular complexity index is 670. The van der Waals surface area contributed by atoms with E-state index < -0.39 is 0 Å². The molecule has 4 heteroatoms. The average Bonchev–Trinajstić information content (AvgIpc) is 3.04. The maximum absolute atomic E-state index is 5.93. The van der Waals surface area contributed by atoms with Crippen LogP contribution in [0.1, 0.15) is 22.2 Å². The summed E-state index contributed by atoms with van der Waals surface area (Å²) in [6, 6.07) is 8.43. The van der Waals surface area contributed by atoms with Crippen molar-refractivity contribution in [1.82, 2.24) is 9.97 Å². The zero-order chi connectivity index (χ0) is 13.2. The minimum absolute atomic E-state index is 0.304. The number of hydrogen-bond donors (Lipinski definition) is 2. The Kier molecular flexibility index (Phi) is 3.36. The molecule has 0 aliphatic rings. The van der Waals surface area contributed by atoms with Crippen LogP contribution in [-0.2, 0) is 6.42 Å². The molecular weight excluding hydrogens is 254 g/mol. The van der Waals surface area contributed by atoms with Crippen LogP contribution in [0.25, 0.3) is 10.9 Å². The van der Waals surface area contributed by atoms with Gasteiger partial charge in [0.1, 0.15) is 0 Å². The van der Waals surface area contributed by atoms with Crippen molar-refractivity contribution in [3.8, 4) is 0 Å². The van der Waals surface area contributed by atoms with Gasteiger partial charge in [0.2, 0.25) is 0 Å². The molecule has 1 aromatic carbocycles. The highest BCUT2D eigenvalue weighted by atomic mass is 32.1. The summed E-state index contributed by atoms with van der Waals surface area (Å²) in [5, 5.41) is 4.45. The summed E-state index contributed by atoms with van der Waals surface area (Å²) >= 11 is 1.69. The second-order valence-electron chi connectivity index (χ2n) is 4.78. The Balaban J connectivity index is 1.98. The molecule has 0 radical (unpaired) electrons. The first-order valence-corrected chi connectivity index (χ1v) is 7.33. The van der Waals surface area contributed by atoms with Gasteiger partial charge in [-0.15, -0.1) is 11.3 Å². The first kappa shape index (κ1) is 12.4. The van der Waals surface area contributed by atoms with Gasteiger partial charge in [0.25, 0.3) is 0 Å². The van der Waals surface area contributed by atoms with Crippen LogP contribution in [0.15, 0.2) is 35.8 Å². The summed E-state index contributed by atoms with van der Waals surface area (Å²) in [7, 11) is 0. The van der Waals surface area contributed by atoms with Gasteiger partial charge in [0.05, 0.1) is 5.01 Å². The van der Waals surface area contributed by atoms with Gasteiger partial charge in [-0.3, -0.25) is 0 Å². The monoisotopic (exact) mass is 271 g/mol. The maximum Gasteiger partial charge on any atom is 0.0971 e. The Labute approximate surface area is 116 Å². The van der Waals surface area contributed by atoms with Crippen LogP contribution in [0.3, 0.4) is 0 Å². The lowest BCUT2D eigenvalue weighted by Gasteiger charge is -2.12. The molecule has 3 rings (SSSR count). The lowest BCUT2D eigenvalue weighted by Crippen LogP contribution is -2.15. The van der Waals surface area contributed by atoms with Gasteiger partial charge in [-0.2, -0.15) is 0 Å². The molecule has 2 aromatic heterocycles. The molecule has 0 spiro atoms. The molecule has 0 saturated heterocycles. The van der Waals surface area contributed by atoms with Crippen molar-refractivity contribution in [3.63, 3.8) is 0 Å². The van der Waals surface area contributed by atoms with Crippen LogP contribution in [0.4, 0.5) is 0 Å². The zero-order valence-corrected chi connectivity index (χ0v) is 11.7. The Hall–Kier alpha value is -1.65. The minimum Gasteiger partial charge on any atom is -0.358 e. The van der Waals surface area contributed by atoms with Crippen molar-refractivity contribution in [1.29, 1.82) is 0 Å². The predicted octanol–water partition coefficient (Wildman–Crippen LogP) is 3.22. The van der Waals surface area contributed by atoms with Crippen molar-refractivity contribution in [3.05, 3.63) is 52.1 Å². The number of thiazole rings is 1. The molecule has 1 unspecified atom stereocenters. The molecule has 0 aliphatic carbocycles. The number of nitrogens with one attached hydrogen (secondary N) is 1. The fourth-order valence-corrected chi connectivity index (χ4v) is 3.31. The third kappa shape index (κ3) is 2.29. The van der Waals surface area contributed by atoms with Gasteiger partial charge in [-0.1, -0.05) is 18.2 Å².